The predicted octanol–water partition coefficient (Wildman–Crippen LogP) is 2.77. The molecule has 5 heteroatoms. The van der Waals surface area contributed by atoms with Crippen molar-refractivity contribution in [3.63, 3.8) is 0 Å². The van der Waals surface area contributed by atoms with Gasteiger partial charge in [0.05, 0.1) is 5.02 Å². The largest absolute Gasteiger partial charge is 0.396 e. The number of carbonyl (C=O) groups excluding carboxylic acids is 1. The van der Waals surface area contributed by atoms with Gasteiger partial charge in [-0.1, -0.05) is 17.7 Å². The lowest BCUT2D eigenvalue weighted by molar-refractivity contribution is -0.116. The molecule has 1 saturated carbocycles. The summed E-state index contributed by atoms with van der Waals surface area (Å²) in [6, 6.07) is 4.29. The Morgan fingerprint density at radius 2 is 2.25 bits per heavy atom. The molecular formula is C15H17ClFNO2. The second kappa shape index (κ2) is 6.37. The van der Waals surface area contributed by atoms with Gasteiger partial charge in [-0.3, -0.25) is 4.79 Å². The van der Waals surface area contributed by atoms with Crippen LogP contribution in [0.15, 0.2) is 24.3 Å². The minimum absolute atomic E-state index is 0.0347. The first-order valence-corrected chi connectivity index (χ1v) is 6.94. The van der Waals surface area contributed by atoms with E-state index in [1.54, 1.807) is 12.1 Å². The van der Waals surface area contributed by atoms with Crippen molar-refractivity contribution in [2.75, 3.05) is 13.2 Å². The lowest BCUT2D eigenvalue weighted by Gasteiger charge is -2.13. The van der Waals surface area contributed by atoms with Crippen molar-refractivity contribution < 1.29 is 14.3 Å². The van der Waals surface area contributed by atoms with E-state index < -0.39 is 5.82 Å². The van der Waals surface area contributed by atoms with E-state index >= 15 is 0 Å². The Bertz CT molecular complexity index is 527. The predicted molar refractivity (Wildman–Crippen MR) is 76.8 cm³/mol. The molecule has 2 N–H and O–H groups in total. The number of aliphatic hydroxyl groups excluding tert-OH is 1. The highest BCUT2D eigenvalue weighted by Crippen LogP contribution is 2.47. The summed E-state index contributed by atoms with van der Waals surface area (Å²) in [5.41, 5.74) is 0.764. The molecule has 0 aromatic heterocycles. The third-order valence-corrected chi connectivity index (χ3v) is 3.90. The molecule has 108 valence electrons. The molecular weight excluding hydrogens is 281 g/mol. The van der Waals surface area contributed by atoms with E-state index in [4.69, 9.17) is 16.7 Å². The Hall–Kier alpha value is -1.39. The molecule has 1 fully saturated rings. The second-order valence-electron chi connectivity index (χ2n) is 5.20. The van der Waals surface area contributed by atoms with Crippen LogP contribution in [0.3, 0.4) is 0 Å². The van der Waals surface area contributed by atoms with Crippen LogP contribution < -0.4 is 5.32 Å². The summed E-state index contributed by atoms with van der Waals surface area (Å²) in [5, 5.41) is 11.8. The van der Waals surface area contributed by atoms with Gasteiger partial charge in [-0.2, -0.15) is 0 Å². The molecule has 2 rings (SSSR count). The van der Waals surface area contributed by atoms with Crippen LogP contribution in [0.25, 0.3) is 6.08 Å². The van der Waals surface area contributed by atoms with E-state index in [0.29, 0.717) is 12.1 Å². The zero-order chi connectivity index (χ0) is 14.6. The van der Waals surface area contributed by atoms with E-state index in [1.807, 2.05) is 0 Å². The third-order valence-electron chi connectivity index (χ3n) is 3.61. The van der Waals surface area contributed by atoms with E-state index in [2.05, 4.69) is 5.32 Å². The standard InChI is InChI=1S/C15H17ClFNO2/c16-12-9-11(1-3-13(12)17)2-4-14(20)18-10-15(5-6-15)7-8-19/h1-4,9,19H,5-8,10H2,(H,18,20)/b4-2+. The van der Waals surface area contributed by atoms with Crippen molar-refractivity contribution in [2.24, 2.45) is 5.41 Å². The van der Waals surface area contributed by atoms with E-state index in [0.717, 1.165) is 19.3 Å². The molecule has 3 nitrogen and oxygen atoms in total. The first-order chi connectivity index (χ1) is 9.54. The highest BCUT2D eigenvalue weighted by atomic mass is 35.5. The number of amides is 1. The summed E-state index contributed by atoms with van der Waals surface area (Å²) < 4.78 is 13.0. The van der Waals surface area contributed by atoms with Crippen molar-refractivity contribution in [1.29, 1.82) is 0 Å². The zero-order valence-corrected chi connectivity index (χ0v) is 11.8. The Morgan fingerprint density at radius 3 is 2.85 bits per heavy atom. The number of rotatable bonds is 6. The lowest BCUT2D eigenvalue weighted by atomic mass is 10.0. The van der Waals surface area contributed by atoms with Gasteiger partial charge < -0.3 is 10.4 Å². The Labute approximate surface area is 122 Å². The SMILES string of the molecule is O=C(/C=C/c1ccc(F)c(Cl)c1)NCC1(CCO)CC1. The van der Waals surface area contributed by atoms with Crippen LogP contribution in [0.1, 0.15) is 24.8 Å². The van der Waals surface area contributed by atoms with E-state index in [-0.39, 0.29) is 23.0 Å². The zero-order valence-electron chi connectivity index (χ0n) is 11.0. The molecule has 0 spiro atoms. The number of benzene rings is 1. The summed E-state index contributed by atoms with van der Waals surface area (Å²) in [6.45, 7) is 0.737. The summed E-state index contributed by atoms with van der Waals surface area (Å²) >= 11 is 5.66. The summed E-state index contributed by atoms with van der Waals surface area (Å²) in [6.07, 6.45) is 5.81. The van der Waals surface area contributed by atoms with Crippen LogP contribution in [0.2, 0.25) is 5.02 Å². The molecule has 20 heavy (non-hydrogen) atoms. The molecule has 1 aromatic rings. The summed E-state index contributed by atoms with van der Waals surface area (Å²) in [5.74, 6) is -0.678. The van der Waals surface area contributed by atoms with Gasteiger partial charge in [-0.15, -0.1) is 0 Å². The van der Waals surface area contributed by atoms with Gasteiger partial charge in [-0.25, -0.2) is 4.39 Å². The topological polar surface area (TPSA) is 49.3 Å². The van der Waals surface area contributed by atoms with Gasteiger partial charge in [0.2, 0.25) is 5.91 Å². The molecule has 0 saturated heterocycles. The Balaban J connectivity index is 1.84. The first-order valence-electron chi connectivity index (χ1n) is 6.56. The molecule has 0 atom stereocenters. The molecule has 1 aliphatic carbocycles. The Morgan fingerprint density at radius 1 is 1.50 bits per heavy atom. The minimum atomic E-state index is -0.479. The van der Waals surface area contributed by atoms with Gasteiger partial charge in [0.15, 0.2) is 0 Å². The molecule has 0 unspecified atom stereocenters. The van der Waals surface area contributed by atoms with Crippen molar-refractivity contribution in [1.82, 2.24) is 5.32 Å². The first kappa shape index (κ1) is 15.0. The van der Waals surface area contributed by atoms with Gasteiger partial charge in [0, 0.05) is 19.2 Å². The quantitative estimate of drug-likeness (QED) is 0.793. The maximum absolute atomic E-state index is 13.0. The Kier molecular flexibility index (Phi) is 4.78. The van der Waals surface area contributed by atoms with Crippen LogP contribution in [-0.2, 0) is 4.79 Å². The molecule has 0 heterocycles. The van der Waals surface area contributed by atoms with Crippen LogP contribution in [0.5, 0.6) is 0 Å². The number of carbonyl (C=O) groups is 1. The van der Waals surface area contributed by atoms with Gasteiger partial charge >= 0.3 is 0 Å². The number of hydrogen-bond acceptors (Lipinski definition) is 2. The highest BCUT2D eigenvalue weighted by molar-refractivity contribution is 6.30. The molecule has 1 aromatic carbocycles. The maximum atomic E-state index is 13.0. The second-order valence-corrected chi connectivity index (χ2v) is 5.61. The monoisotopic (exact) mass is 297 g/mol. The number of aliphatic hydroxyl groups is 1. The molecule has 1 amide bonds. The van der Waals surface area contributed by atoms with E-state index in [1.165, 1.54) is 18.2 Å². The van der Waals surface area contributed by atoms with Gasteiger partial charge in [-0.05, 0) is 48.4 Å². The summed E-state index contributed by atoms with van der Waals surface area (Å²) in [4.78, 5) is 11.7. The molecule has 1 aliphatic rings. The van der Waals surface area contributed by atoms with E-state index in [9.17, 15) is 9.18 Å². The average Bonchev–Trinajstić information content (AvgIpc) is 3.18. The van der Waals surface area contributed by atoms with Crippen molar-refractivity contribution in [2.45, 2.75) is 19.3 Å². The van der Waals surface area contributed by atoms with Crippen molar-refractivity contribution in [3.8, 4) is 0 Å². The third kappa shape index (κ3) is 4.05. The molecule has 0 bridgehead atoms. The maximum Gasteiger partial charge on any atom is 0.244 e. The fourth-order valence-corrected chi connectivity index (χ4v) is 2.24. The fraction of sp³-hybridized carbons (Fsp3) is 0.400. The lowest BCUT2D eigenvalue weighted by Crippen LogP contribution is -2.29. The van der Waals surface area contributed by atoms with Crippen LogP contribution in [-0.4, -0.2) is 24.2 Å². The van der Waals surface area contributed by atoms with Crippen LogP contribution in [0.4, 0.5) is 4.39 Å². The average molecular weight is 298 g/mol. The van der Waals surface area contributed by atoms with Crippen LogP contribution >= 0.6 is 11.6 Å². The van der Waals surface area contributed by atoms with Crippen LogP contribution in [0, 0.1) is 11.2 Å². The smallest absolute Gasteiger partial charge is 0.244 e. The molecule has 0 radical (unpaired) electrons. The van der Waals surface area contributed by atoms with Gasteiger partial charge in [0.1, 0.15) is 5.82 Å². The van der Waals surface area contributed by atoms with Crippen molar-refractivity contribution in [3.05, 3.63) is 40.7 Å². The number of halogens is 2. The summed E-state index contributed by atoms with van der Waals surface area (Å²) in [7, 11) is 0. The van der Waals surface area contributed by atoms with Gasteiger partial charge in [0.25, 0.3) is 0 Å². The fourth-order valence-electron chi connectivity index (χ4n) is 2.05. The number of nitrogens with one attached hydrogen (secondary N) is 1. The van der Waals surface area contributed by atoms with Crippen molar-refractivity contribution >= 4 is 23.6 Å². The highest BCUT2D eigenvalue weighted by Gasteiger charge is 2.41. The normalized spacial score (nSPS) is 16.4. The minimum Gasteiger partial charge on any atom is -0.396 e. The number of hydrogen-bond donors (Lipinski definition) is 2. The molecule has 0 aliphatic heterocycles.